The smallest absolute Gasteiger partial charge is 0.277 e. The third-order valence-corrected chi connectivity index (χ3v) is 3.58. The number of hydrogen-bond donors (Lipinski definition) is 1. The summed E-state index contributed by atoms with van der Waals surface area (Å²) in [7, 11) is 1.83. The third kappa shape index (κ3) is 3.15. The standard InChI is InChI=1S/C17H19N5O/c1-3-11-22-16(9-10-18-22)19-17(23)14-12-15(21(2)20-14)13-7-5-4-6-8-13/h4-10,12H,3,11H2,1-2H3,(H,19,23). The number of carbonyl (C=O) groups excluding carboxylic acids is 1. The summed E-state index contributed by atoms with van der Waals surface area (Å²) in [5.74, 6) is 0.449. The van der Waals surface area contributed by atoms with Crippen LogP contribution < -0.4 is 5.32 Å². The predicted octanol–water partition coefficient (Wildman–Crippen LogP) is 2.95. The van der Waals surface area contributed by atoms with Gasteiger partial charge in [0.1, 0.15) is 5.82 Å². The van der Waals surface area contributed by atoms with Crippen molar-refractivity contribution in [2.45, 2.75) is 19.9 Å². The van der Waals surface area contributed by atoms with E-state index in [4.69, 9.17) is 0 Å². The van der Waals surface area contributed by atoms with Gasteiger partial charge >= 0.3 is 0 Å². The molecule has 1 N–H and O–H groups in total. The van der Waals surface area contributed by atoms with Crippen LogP contribution in [0.15, 0.2) is 48.7 Å². The van der Waals surface area contributed by atoms with Crippen LogP contribution in [0, 0.1) is 0 Å². The molecule has 0 radical (unpaired) electrons. The Hall–Kier alpha value is -2.89. The molecule has 0 saturated carbocycles. The Morgan fingerprint density at radius 3 is 2.74 bits per heavy atom. The summed E-state index contributed by atoms with van der Waals surface area (Å²) in [6.07, 6.45) is 2.63. The minimum atomic E-state index is -0.236. The van der Waals surface area contributed by atoms with Crippen molar-refractivity contribution in [2.24, 2.45) is 7.05 Å². The van der Waals surface area contributed by atoms with Gasteiger partial charge in [0.25, 0.3) is 5.91 Å². The molecule has 1 amide bonds. The summed E-state index contributed by atoms with van der Waals surface area (Å²) in [6.45, 7) is 2.83. The number of nitrogens with zero attached hydrogens (tertiary/aromatic N) is 4. The van der Waals surface area contributed by atoms with E-state index in [1.54, 1.807) is 27.7 Å². The first-order valence-electron chi connectivity index (χ1n) is 7.61. The summed E-state index contributed by atoms with van der Waals surface area (Å²) in [5.41, 5.74) is 2.31. The highest BCUT2D eigenvalue weighted by molar-refractivity contribution is 6.03. The molecule has 0 unspecified atom stereocenters. The fraction of sp³-hybridized carbons (Fsp3) is 0.235. The van der Waals surface area contributed by atoms with Gasteiger partial charge in [0.15, 0.2) is 5.69 Å². The molecule has 3 rings (SSSR count). The first kappa shape index (κ1) is 15.0. The fourth-order valence-electron chi connectivity index (χ4n) is 2.47. The van der Waals surface area contributed by atoms with Crippen molar-refractivity contribution >= 4 is 11.7 Å². The summed E-state index contributed by atoms with van der Waals surface area (Å²) in [5, 5.41) is 11.4. The van der Waals surface area contributed by atoms with Gasteiger partial charge in [-0.2, -0.15) is 10.2 Å². The van der Waals surface area contributed by atoms with Crippen LogP contribution in [0.3, 0.4) is 0 Å². The van der Waals surface area contributed by atoms with Gasteiger partial charge in [-0.3, -0.25) is 9.48 Å². The van der Waals surface area contributed by atoms with Crippen molar-refractivity contribution in [3.63, 3.8) is 0 Å². The van der Waals surface area contributed by atoms with Gasteiger partial charge in [0.2, 0.25) is 0 Å². The monoisotopic (exact) mass is 309 g/mol. The van der Waals surface area contributed by atoms with Gasteiger partial charge in [0.05, 0.1) is 11.9 Å². The summed E-state index contributed by atoms with van der Waals surface area (Å²) >= 11 is 0. The number of anilines is 1. The van der Waals surface area contributed by atoms with Crippen LogP contribution in [-0.4, -0.2) is 25.5 Å². The fourth-order valence-corrected chi connectivity index (χ4v) is 2.47. The second kappa shape index (κ2) is 6.48. The van der Waals surface area contributed by atoms with Crippen LogP contribution in [0.4, 0.5) is 5.82 Å². The number of nitrogens with one attached hydrogen (secondary N) is 1. The van der Waals surface area contributed by atoms with E-state index in [1.807, 2.05) is 37.4 Å². The first-order chi connectivity index (χ1) is 11.2. The number of benzene rings is 1. The van der Waals surface area contributed by atoms with Crippen LogP contribution in [0.1, 0.15) is 23.8 Å². The minimum absolute atomic E-state index is 0.236. The lowest BCUT2D eigenvalue weighted by atomic mass is 10.1. The normalized spacial score (nSPS) is 10.7. The molecule has 0 aliphatic carbocycles. The molecule has 2 aromatic heterocycles. The molecule has 6 nitrogen and oxygen atoms in total. The van der Waals surface area contributed by atoms with E-state index in [2.05, 4.69) is 22.4 Å². The maximum absolute atomic E-state index is 12.4. The molecule has 0 spiro atoms. The van der Waals surface area contributed by atoms with Gasteiger partial charge < -0.3 is 5.32 Å². The van der Waals surface area contributed by atoms with Crippen LogP contribution in [0.5, 0.6) is 0 Å². The van der Waals surface area contributed by atoms with Crippen LogP contribution in [0.25, 0.3) is 11.3 Å². The molecule has 0 aliphatic heterocycles. The van der Waals surface area contributed by atoms with E-state index >= 15 is 0 Å². The number of carbonyl (C=O) groups is 1. The molecular formula is C17H19N5O. The number of hydrogen-bond acceptors (Lipinski definition) is 3. The van der Waals surface area contributed by atoms with E-state index in [0.29, 0.717) is 11.5 Å². The molecule has 2 heterocycles. The molecule has 118 valence electrons. The van der Waals surface area contributed by atoms with Gasteiger partial charge in [0, 0.05) is 19.7 Å². The molecule has 1 aromatic carbocycles. The largest absolute Gasteiger partial charge is 0.305 e. The maximum atomic E-state index is 12.4. The highest BCUT2D eigenvalue weighted by Gasteiger charge is 2.15. The van der Waals surface area contributed by atoms with Crippen LogP contribution >= 0.6 is 0 Å². The molecule has 0 atom stereocenters. The molecule has 0 aliphatic rings. The maximum Gasteiger partial charge on any atom is 0.277 e. The lowest BCUT2D eigenvalue weighted by Crippen LogP contribution is -2.16. The van der Waals surface area contributed by atoms with Crippen molar-refractivity contribution in [1.82, 2.24) is 19.6 Å². The molecule has 0 bridgehead atoms. The summed E-state index contributed by atoms with van der Waals surface area (Å²) in [6, 6.07) is 13.5. The van der Waals surface area contributed by atoms with Crippen LogP contribution in [0.2, 0.25) is 0 Å². The Bertz CT molecular complexity index is 804. The lowest BCUT2D eigenvalue weighted by Gasteiger charge is -2.06. The van der Waals surface area contributed by atoms with Gasteiger partial charge in [-0.05, 0) is 18.1 Å². The number of aryl methyl sites for hydroxylation is 2. The minimum Gasteiger partial charge on any atom is -0.305 e. The second-order valence-corrected chi connectivity index (χ2v) is 5.30. The van der Waals surface area contributed by atoms with E-state index < -0.39 is 0 Å². The molecule has 23 heavy (non-hydrogen) atoms. The highest BCUT2D eigenvalue weighted by Crippen LogP contribution is 2.20. The van der Waals surface area contributed by atoms with E-state index in [-0.39, 0.29) is 5.91 Å². The van der Waals surface area contributed by atoms with Crippen molar-refractivity contribution in [3.8, 4) is 11.3 Å². The Morgan fingerprint density at radius 2 is 2.00 bits per heavy atom. The van der Waals surface area contributed by atoms with E-state index in [9.17, 15) is 4.79 Å². The van der Waals surface area contributed by atoms with Crippen molar-refractivity contribution < 1.29 is 4.79 Å². The molecule has 0 saturated heterocycles. The first-order valence-corrected chi connectivity index (χ1v) is 7.61. The van der Waals surface area contributed by atoms with Gasteiger partial charge in [-0.25, -0.2) is 4.68 Å². The SMILES string of the molecule is CCCn1nccc1NC(=O)c1cc(-c2ccccc2)n(C)n1. The Kier molecular flexibility index (Phi) is 4.23. The molecule has 6 heteroatoms. The molecule has 0 fully saturated rings. The number of aromatic nitrogens is 4. The van der Waals surface area contributed by atoms with Gasteiger partial charge in [-0.1, -0.05) is 37.3 Å². The summed E-state index contributed by atoms with van der Waals surface area (Å²) < 4.78 is 3.49. The van der Waals surface area contributed by atoms with E-state index in [1.165, 1.54) is 0 Å². The van der Waals surface area contributed by atoms with E-state index in [0.717, 1.165) is 24.2 Å². The number of amides is 1. The Labute approximate surface area is 134 Å². The Morgan fingerprint density at radius 1 is 1.22 bits per heavy atom. The van der Waals surface area contributed by atoms with Crippen LogP contribution in [-0.2, 0) is 13.6 Å². The van der Waals surface area contributed by atoms with Crippen molar-refractivity contribution in [3.05, 3.63) is 54.4 Å². The van der Waals surface area contributed by atoms with Crippen molar-refractivity contribution in [1.29, 1.82) is 0 Å². The average molecular weight is 309 g/mol. The summed E-state index contributed by atoms with van der Waals surface area (Å²) in [4.78, 5) is 12.4. The van der Waals surface area contributed by atoms with Crippen molar-refractivity contribution in [2.75, 3.05) is 5.32 Å². The average Bonchev–Trinajstić information content (AvgIpc) is 3.15. The molecular weight excluding hydrogens is 290 g/mol. The third-order valence-electron chi connectivity index (χ3n) is 3.58. The topological polar surface area (TPSA) is 64.7 Å². The molecule has 3 aromatic rings. The second-order valence-electron chi connectivity index (χ2n) is 5.30. The zero-order valence-electron chi connectivity index (χ0n) is 13.2. The zero-order chi connectivity index (χ0) is 16.2. The lowest BCUT2D eigenvalue weighted by molar-refractivity contribution is 0.102. The highest BCUT2D eigenvalue weighted by atomic mass is 16.2. The number of rotatable bonds is 5. The Balaban J connectivity index is 1.82. The predicted molar refractivity (Wildman–Crippen MR) is 89.1 cm³/mol. The zero-order valence-corrected chi connectivity index (χ0v) is 13.2. The van der Waals surface area contributed by atoms with Gasteiger partial charge in [-0.15, -0.1) is 0 Å². The quantitative estimate of drug-likeness (QED) is 0.788.